The van der Waals surface area contributed by atoms with E-state index in [2.05, 4.69) is 0 Å². The first-order chi connectivity index (χ1) is 4.22. The van der Waals surface area contributed by atoms with Crippen molar-refractivity contribution in [3.05, 3.63) is 0 Å². The lowest BCUT2D eigenvalue weighted by Crippen LogP contribution is -2.46. The van der Waals surface area contributed by atoms with E-state index < -0.39 is 0 Å². The molecule has 0 aromatic heterocycles. The summed E-state index contributed by atoms with van der Waals surface area (Å²) in [5.74, 6) is 1.61. The van der Waals surface area contributed by atoms with Crippen molar-refractivity contribution in [1.82, 2.24) is 4.90 Å². The Bertz CT molecular complexity index is 116. The van der Waals surface area contributed by atoms with Gasteiger partial charge >= 0.3 is 0 Å². The van der Waals surface area contributed by atoms with Crippen LogP contribution >= 0.6 is 11.8 Å². The smallest absolute Gasteiger partial charge is 0.240 e. The van der Waals surface area contributed by atoms with Gasteiger partial charge in [0.25, 0.3) is 0 Å². The van der Waals surface area contributed by atoms with Gasteiger partial charge in [0.05, 0.1) is 11.9 Å². The SMILES string of the molecule is CN1CSCC(N)C1=O. The lowest BCUT2D eigenvalue weighted by molar-refractivity contribution is -0.130. The monoisotopic (exact) mass is 146 g/mol. The summed E-state index contributed by atoms with van der Waals surface area (Å²) in [6.45, 7) is 0. The predicted octanol–water partition coefficient (Wildman–Crippen LogP) is -0.524. The molecular weight excluding hydrogens is 136 g/mol. The molecule has 3 nitrogen and oxygen atoms in total. The fourth-order valence-electron chi connectivity index (χ4n) is 0.735. The normalized spacial score (nSPS) is 28.9. The Balaban J connectivity index is 2.52. The molecule has 0 radical (unpaired) electrons. The number of carbonyl (C=O) groups excluding carboxylic acids is 1. The van der Waals surface area contributed by atoms with Crippen LogP contribution in [0.1, 0.15) is 0 Å². The number of rotatable bonds is 0. The van der Waals surface area contributed by atoms with Gasteiger partial charge in [-0.05, 0) is 0 Å². The summed E-state index contributed by atoms with van der Waals surface area (Å²) in [7, 11) is 1.77. The van der Waals surface area contributed by atoms with Crippen LogP contribution in [0.15, 0.2) is 0 Å². The summed E-state index contributed by atoms with van der Waals surface area (Å²) in [6, 6.07) is -0.270. The highest BCUT2D eigenvalue weighted by Crippen LogP contribution is 2.11. The van der Waals surface area contributed by atoms with Crippen molar-refractivity contribution < 1.29 is 4.79 Å². The molecule has 1 rings (SSSR count). The van der Waals surface area contributed by atoms with Gasteiger partial charge < -0.3 is 10.6 Å². The molecule has 1 unspecified atom stereocenters. The van der Waals surface area contributed by atoms with Crippen molar-refractivity contribution in [2.75, 3.05) is 18.7 Å². The zero-order valence-electron chi connectivity index (χ0n) is 5.33. The molecule has 1 heterocycles. The Labute approximate surface area is 58.6 Å². The topological polar surface area (TPSA) is 46.3 Å². The van der Waals surface area contributed by atoms with E-state index in [4.69, 9.17) is 5.73 Å². The third-order valence-electron chi connectivity index (χ3n) is 1.28. The molecule has 1 fully saturated rings. The molecule has 0 spiro atoms. The first kappa shape index (κ1) is 6.89. The van der Waals surface area contributed by atoms with E-state index in [0.717, 1.165) is 11.6 Å². The third-order valence-corrected chi connectivity index (χ3v) is 2.44. The van der Waals surface area contributed by atoms with Gasteiger partial charge in [-0.15, -0.1) is 11.8 Å². The van der Waals surface area contributed by atoms with Crippen LogP contribution in [0.4, 0.5) is 0 Å². The second-order valence-corrected chi connectivity index (χ2v) is 3.14. The molecule has 52 valence electrons. The van der Waals surface area contributed by atoms with E-state index in [1.165, 1.54) is 0 Å². The number of hydrogen-bond donors (Lipinski definition) is 1. The van der Waals surface area contributed by atoms with Gasteiger partial charge in [-0.1, -0.05) is 0 Å². The number of nitrogens with two attached hydrogens (primary N) is 1. The van der Waals surface area contributed by atoms with Gasteiger partial charge in [-0.2, -0.15) is 0 Å². The maximum Gasteiger partial charge on any atom is 0.240 e. The van der Waals surface area contributed by atoms with E-state index in [1.54, 1.807) is 23.7 Å². The van der Waals surface area contributed by atoms with E-state index in [1.807, 2.05) is 0 Å². The van der Waals surface area contributed by atoms with Crippen molar-refractivity contribution in [3.63, 3.8) is 0 Å². The van der Waals surface area contributed by atoms with Crippen molar-refractivity contribution in [3.8, 4) is 0 Å². The molecule has 1 aliphatic heterocycles. The van der Waals surface area contributed by atoms with E-state index in [9.17, 15) is 4.79 Å². The van der Waals surface area contributed by atoms with Gasteiger partial charge in [0.15, 0.2) is 0 Å². The Morgan fingerprint density at radius 2 is 2.56 bits per heavy atom. The van der Waals surface area contributed by atoms with Crippen LogP contribution in [-0.4, -0.2) is 35.5 Å². The van der Waals surface area contributed by atoms with Crippen LogP contribution in [0.5, 0.6) is 0 Å². The van der Waals surface area contributed by atoms with Gasteiger partial charge in [-0.3, -0.25) is 4.79 Å². The molecule has 1 aliphatic rings. The van der Waals surface area contributed by atoms with Crippen LogP contribution in [0, 0.1) is 0 Å². The quantitative estimate of drug-likeness (QED) is 0.500. The highest BCUT2D eigenvalue weighted by atomic mass is 32.2. The minimum Gasteiger partial charge on any atom is -0.335 e. The summed E-state index contributed by atoms with van der Waals surface area (Å²) in [5, 5.41) is 0. The fraction of sp³-hybridized carbons (Fsp3) is 0.800. The van der Waals surface area contributed by atoms with Crippen molar-refractivity contribution in [1.29, 1.82) is 0 Å². The summed E-state index contributed by atoms with van der Waals surface area (Å²) < 4.78 is 0. The predicted molar refractivity (Wildman–Crippen MR) is 38.1 cm³/mol. The summed E-state index contributed by atoms with van der Waals surface area (Å²) in [6.07, 6.45) is 0. The molecule has 1 atom stereocenters. The van der Waals surface area contributed by atoms with Gasteiger partial charge in [0, 0.05) is 12.8 Å². The van der Waals surface area contributed by atoms with E-state index in [-0.39, 0.29) is 11.9 Å². The maximum absolute atomic E-state index is 10.9. The van der Waals surface area contributed by atoms with E-state index in [0.29, 0.717) is 0 Å². The average Bonchev–Trinajstić information content (AvgIpc) is 1.83. The molecule has 0 bridgehead atoms. The molecule has 0 saturated carbocycles. The Morgan fingerprint density at radius 3 is 3.00 bits per heavy atom. The average molecular weight is 146 g/mol. The largest absolute Gasteiger partial charge is 0.335 e. The minimum absolute atomic E-state index is 0.0637. The molecule has 9 heavy (non-hydrogen) atoms. The Kier molecular flexibility index (Phi) is 1.97. The van der Waals surface area contributed by atoms with Gasteiger partial charge in [-0.25, -0.2) is 0 Å². The number of nitrogens with zero attached hydrogens (tertiary/aromatic N) is 1. The van der Waals surface area contributed by atoms with Crippen molar-refractivity contribution in [2.45, 2.75) is 6.04 Å². The number of hydrogen-bond acceptors (Lipinski definition) is 3. The molecule has 0 aliphatic carbocycles. The number of carbonyl (C=O) groups is 1. The summed E-state index contributed by atoms with van der Waals surface area (Å²) >= 11 is 1.69. The molecular formula is C5H10N2OS. The number of thioether (sulfide) groups is 1. The van der Waals surface area contributed by atoms with Crippen LogP contribution in [-0.2, 0) is 4.79 Å². The van der Waals surface area contributed by atoms with Crippen molar-refractivity contribution in [2.24, 2.45) is 5.73 Å². The second kappa shape index (κ2) is 2.58. The molecule has 1 amide bonds. The standard InChI is InChI=1S/C5H10N2OS/c1-7-3-9-2-4(6)5(7)8/h4H,2-3,6H2,1H3. The van der Waals surface area contributed by atoms with Crippen LogP contribution < -0.4 is 5.73 Å². The Hall–Kier alpha value is -0.220. The maximum atomic E-state index is 10.9. The highest BCUT2D eigenvalue weighted by Gasteiger charge is 2.22. The van der Waals surface area contributed by atoms with Crippen LogP contribution in [0.3, 0.4) is 0 Å². The fourth-order valence-corrected chi connectivity index (χ4v) is 1.64. The summed E-state index contributed by atoms with van der Waals surface area (Å²) in [5.41, 5.74) is 5.46. The zero-order chi connectivity index (χ0) is 6.85. The second-order valence-electron chi connectivity index (χ2n) is 2.14. The third kappa shape index (κ3) is 1.37. The molecule has 4 heteroatoms. The lowest BCUT2D eigenvalue weighted by Gasteiger charge is -2.25. The molecule has 1 saturated heterocycles. The highest BCUT2D eigenvalue weighted by molar-refractivity contribution is 7.99. The van der Waals surface area contributed by atoms with Gasteiger partial charge in [0.2, 0.25) is 5.91 Å². The Morgan fingerprint density at radius 1 is 1.89 bits per heavy atom. The minimum atomic E-state index is -0.270. The molecule has 0 aromatic carbocycles. The number of likely N-dealkylation sites (N-methyl/N-ethyl adjacent to an activating group) is 1. The first-order valence-electron chi connectivity index (χ1n) is 2.80. The number of amides is 1. The summed E-state index contributed by atoms with van der Waals surface area (Å²) in [4.78, 5) is 12.6. The van der Waals surface area contributed by atoms with Crippen LogP contribution in [0.25, 0.3) is 0 Å². The van der Waals surface area contributed by atoms with Crippen LogP contribution in [0.2, 0.25) is 0 Å². The molecule has 0 aromatic rings. The lowest BCUT2D eigenvalue weighted by atomic mass is 10.3. The van der Waals surface area contributed by atoms with Crippen molar-refractivity contribution >= 4 is 17.7 Å². The molecule has 2 N–H and O–H groups in total. The zero-order valence-corrected chi connectivity index (χ0v) is 6.15. The van der Waals surface area contributed by atoms with Gasteiger partial charge in [0.1, 0.15) is 0 Å². The first-order valence-corrected chi connectivity index (χ1v) is 3.95. The van der Waals surface area contributed by atoms with E-state index >= 15 is 0 Å².